The number of carbonyl (C=O) groups excluding carboxylic acids is 1. The van der Waals surface area contributed by atoms with Gasteiger partial charge in [0.15, 0.2) is 0 Å². The first kappa shape index (κ1) is 18.3. The fourth-order valence-electron chi connectivity index (χ4n) is 2.48. The van der Waals surface area contributed by atoms with Crippen LogP contribution in [0.1, 0.15) is 26.3 Å². The quantitative estimate of drug-likeness (QED) is 0.619. The molecule has 0 aliphatic heterocycles. The van der Waals surface area contributed by atoms with E-state index in [0.29, 0.717) is 12.2 Å². The molecule has 0 aliphatic carbocycles. The molecule has 0 atom stereocenters. The maximum absolute atomic E-state index is 12.7. The van der Waals surface area contributed by atoms with Gasteiger partial charge in [0.05, 0.1) is 24.6 Å². The number of carbonyl (C=O) groups is 1. The predicted molar refractivity (Wildman–Crippen MR) is 104 cm³/mol. The highest BCUT2D eigenvalue weighted by Gasteiger charge is 2.24. The highest BCUT2D eigenvalue weighted by atomic mass is 79.9. The molecule has 1 amide bonds. The molecule has 3 aromatic rings. The SMILES string of the molecule is CC(C)(C)OC(=O)N(Cc1ccc2cncc(Br)c2c1)c1ccnnc1. The molecular formula is C19H19BrN4O2. The van der Waals surface area contributed by atoms with E-state index in [0.717, 1.165) is 20.8 Å². The van der Waals surface area contributed by atoms with E-state index >= 15 is 0 Å². The maximum atomic E-state index is 12.7. The Bertz CT molecular complexity index is 926. The highest BCUT2D eigenvalue weighted by molar-refractivity contribution is 9.10. The van der Waals surface area contributed by atoms with Gasteiger partial charge in [0, 0.05) is 22.3 Å². The largest absolute Gasteiger partial charge is 0.443 e. The molecule has 0 N–H and O–H groups in total. The van der Waals surface area contributed by atoms with Gasteiger partial charge in [-0.2, -0.15) is 10.2 Å². The van der Waals surface area contributed by atoms with Crippen LogP contribution in [-0.2, 0) is 11.3 Å². The number of pyridine rings is 1. The van der Waals surface area contributed by atoms with E-state index in [2.05, 4.69) is 31.1 Å². The molecule has 26 heavy (non-hydrogen) atoms. The van der Waals surface area contributed by atoms with Gasteiger partial charge in [-0.05, 0) is 59.8 Å². The molecule has 0 saturated carbocycles. The minimum atomic E-state index is -0.589. The van der Waals surface area contributed by atoms with Crippen LogP contribution in [0.15, 0.2) is 53.5 Å². The number of ether oxygens (including phenoxy) is 1. The normalized spacial score (nSPS) is 11.4. The molecule has 3 rings (SSSR count). The number of aromatic nitrogens is 3. The average Bonchev–Trinajstić information content (AvgIpc) is 2.59. The standard InChI is InChI=1S/C19H19BrN4O2/c1-19(2,3)26-18(25)24(15-6-7-22-23-10-15)12-13-4-5-14-9-21-11-17(20)16(14)8-13/h4-11H,12H2,1-3H3. The number of amides is 1. The summed E-state index contributed by atoms with van der Waals surface area (Å²) in [5, 5.41) is 9.72. The topological polar surface area (TPSA) is 68.2 Å². The second-order valence-corrected chi connectivity index (χ2v) is 7.70. The lowest BCUT2D eigenvalue weighted by atomic mass is 10.1. The minimum Gasteiger partial charge on any atom is -0.443 e. The van der Waals surface area contributed by atoms with Gasteiger partial charge in [-0.3, -0.25) is 9.88 Å². The van der Waals surface area contributed by atoms with Crippen molar-refractivity contribution in [2.24, 2.45) is 0 Å². The zero-order valence-corrected chi connectivity index (χ0v) is 16.4. The van der Waals surface area contributed by atoms with Crippen molar-refractivity contribution in [1.82, 2.24) is 15.2 Å². The third-order valence-corrected chi connectivity index (χ3v) is 4.24. The monoisotopic (exact) mass is 414 g/mol. The lowest BCUT2D eigenvalue weighted by Crippen LogP contribution is -2.36. The molecule has 134 valence electrons. The number of fused-ring (bicyclic) bond motifs is 1. The molecule has 0 spiro atoms. The minimum absolute atomic E-state index is 0.352. The number of benzene rings is 1. The highest BCUT2D eigenvalue weighted by Crippen LogP contribution is 2.26. The van der Waals surface area contributed by atoms with Crippen LogP contribution in [0.2, 0.25) is 0 Å². The second-order valence-electron chi connectivity index (χ2n) is 6.84. The Morgan fingerprint density at radius 1 is 1.15 bits per heavy atom. The molecule has 1 aromatic carbocycles. The van der Waals surface area contributed by atoms with Crippen molar-refractivity contribution in [1.29, 1.82) is 0 Å². The Hall–Kier alpha value is -2.54. The molecule has 2 aromatic heterocycles. The third-order valence-electron chi connectivity index (χ3n) is 3.61. The zero-order chi connectivity index (χ0) is 18.7. The number of nitrogens with zero attached hydrogens (tertiary/aromatic N) is 4. The number of rotatable bonds is 3. The van der Waals surface area contributed by atoms with Crippen molar-refractivity contribution in [3.05, 3.63) is 59.1 Å². The average molecular weight is 415 g/mol. The summed E-state index contributed by atoms with van der Waals surface area (Å²) in [7, 11) is 0. The van der Waals surface area contributed by atoms with Crippen molar-refractivity contribution >= 4 is 38.5 Å². The van der Waals surface area contributed by atoms with Crippen LogP contribution in [0.3, 0.4) is 0 Å². The molecule has 6 nitrogen and oxygen atoms in total. The summed E-state index contributed by atoms with van der Waals surface area (Å²) in [5.41, 5.74) is 1.00. The number of hydrogen-bond acceptors (Lipinski definition) is 5. The van der Waals surface area contributed by atoms with Crippen LogP contribution in [0.5, 0.6) is 0 Å². The summed E-state index contributed by atoms with van der Waals surface area (Å²) in [5.74, 6) is 0. The van der Waals surface area contributed by atoms with E-state index in [4.69, 9.17) is 4.74 Å². The Morgan fingerprint density at radius 2 is 1.96 bits per heavy atom. The third kappa shape index (κ3) is 4.35. The van der Waals surface area contributed by atoms with Crippen molar-refractivity contribution in [3.8, 4) is 0 Å². The van der Waals surface area contributed by atoms with Gasteiger partial charge in [0.25, 0.3) is 0 Å². The summed E-state index contributed by atoms with van der Waals surface area (Å²) in [6.07, 6.45) is 6.23. The smallest absolute Gasteiger partial charge is 0.415 e. The van der Waals surface area contributed by atoms with Crippen molar-refractivity contribution < 1.29 is 9.53 Å². The molecule has 0 saturated heterocycles. The second kappa shape index (κ2) is 7.37. The van der Waals surface area contributed by atoms with Crippen LogP contribution in [0.4, 0.5) is 10.5 Å². The van der Waals surface area contributed by atoms with Crippen molar-refractivity contribution in [2.75, 3.05) is 4.90 Å². The van der Waals surface area contributed by atoms with E-state index in [9.17, 15) is 4.79 Å². The molecule has 2 heterocycles. The van der Waals surface area contributed by atoms with Gasteiger partial charge < -0.3 is 4.74 Å². The van der Waals surface area contributed by atoms with Gasteiger partial charge in [-0.25, -0.2) is 4.79 Å². The van der Waals surface area contributed by atoms with E-state index in [1.54, 1.807) is 29.6 Å². The van der Waals surface area contributed by atoms with Gasteiger partial charge in [0.1, 0.15) is 5.60 Å². The lowest BCUT2D eigenvalue weighted by molar-refractivity contribution is 0.0577. The first-order valence-electron chi connectivity index (χ1n) is 8.13. The van der Waals surface area contributed by atoms with Crippen LogP contribution in [0, 0.1) is 0 Å². The molecule has 7 heteroatoms. The predicted octanol–water partition coefficient (Wildman–Crippen LogP) is 4.73. The molecule has 0 fully saturated rings. The van der Waals surface area contributed by atoms with E-state index in [1.165, 1.54) is 0 Å². The lowest BCUT2D eigenvalue weighted by Gasteiger charge is -2.27. The van der Waals surface area contributed by atoms with E-state index in [-0.39, 0.29) is 0 Å². The Balaban J connectivity index is 1.95. The van der Waals surface area contributed by atoms with Gasteiger partial charge >= 0.3 is 6.09 Å². The van der Waals surface area contributed by atoms with Gasteiger partial charge in [-0.1, -0.05) is 12.1 Å². The van der Waals surface area contributed by atoms with Crippen LogP contribution in [-0.4, -0.2) is 26.9 Å². The first-order chi connectivity index (χ1) is 12.3. The molecule has 0 unspecified atom stereocenters. The maximum Gasteiger partial charge on any atom is 0.415 e. The van der Waals surface area contributed by atoms with E-state index < -0.39 is 11.7 Å². The summed E-state index contributed by atoms with van der Waals surface area (Å²) in [4.78, 5) is 18.5. The molecular weight excluding hydrogens is 396 g/mol. The van der Waals surface area contributed by atoms with Crippen LogP contribution < -0.4 is 4.90 Å². The summed E-state index contributed by atoms with van der Waals surface area (Å²) < 4.78 is 6.47. The summed E-state index contributed by atoms with van der Waals surface area (Å²) in [6.45, 7) is 5.88. The fourth-order valence-corrected chi connectivity index (χ4v) is 2.94. The summed E-state index contributed by atoms with van der Waals surface area (Å²) >= 11 is 3.52. The van der Waals surface area contributed by atoms with Gasteiger partial charge in [0.2, 0.25) is 0 Å². The number of halogens is 1. The van der Waals surface area contributed by atoms with E-state index in [1.807, 2.05) is 45.2 Å². The van der Waals surface area contributed by atoms with Crippen LogP contribution in [0.25, 0.3) is 10.8 Å². The summed E-state index contributed by atoms with van der Waals surface area (Å²) in [6, 6.07) is 7.73. The van der Waals surface area contributed by atoms with Crippen LogP contribution >= 0.6 is 15.9 Å². The Kier molecular flexibility index (Phi) is 5.18. The molecule has 0 aliphatic rings. The molecule has 0 bridgehead atoms. The zero-order valence-electron chi connectivity index (χ0n) is 14.8. The molecule has 0 radical (unpaired) electrons. The Labute approximate surface area is 160 Å². The first-order valence-corrected chi connectivity index (χ1v) is 8.92. The number of anilines is 1. The fraction of sp³-hybridized carbons (Fsp3) is 0.263. The Morgan fingerprint density at radius 3 is 2.65 bits per heavy atom. The van der Waals surface area contributed by atoms with Crippen molar-refractivity contribution in [3.63, 3.8) is 0 Å². The number of hydrogen-bond donors (Lipinski definition) is 0. The van der Waals surface area contributed by atoms with Gasteiger partial charge in [-0.15, -0.1) is 0 Å². The van der Waals surface area contributed by atoms with Crippen molar-refractivity contribution in [2.45, 2.75) is 32.9 Å².